The number of rotatable bonds is 2. The third-order valence-electron chi connectivity index (χ3n) is 2.51. The van der Waals surface area contributed by atoms with Crippen molar-refractivity contribution in [2.75, 3.05) is 7.11 Å². The van der Waals surface area contributed by atoms with Gasteiger partial charge in [-0.1, -0.05) is 20.8 Å². The molecule has 0 fully saturated rings. The van der Waals surface area contributed by atoms with Crippen molar-refractivity contribution < 1.29 is 13.5 Å². The maximum atomic E-state index is 13.3. The summed E-state index contributed by atoms with van der Waals surface area (Å²) in [6.45, 7) is 5.71. The van der Waals surface area contributed by atoms with Gasteiger partial charge in [0.15, 0.2) is 0 Å². The third-order valence-corrected chi connectivity index (χ3v) is 2.51. The largest absolute Gasteiger partial charge is 0.496 e. The van der Waals surface area contributed by atoms with Crippen LogP contribution >= 0.6 is 0 Å². The van der Waals surface area contributed by atoms with Gasteiger partial charge in [-0.15, -0.1) is 0 Å². The number of benzene rings is 1. The highest BCUT2D eigenvalue weighted by molar-refractivity contribution is 5.43. The Hall–Kier alpha value is -1.63. The smallest absolute Gasteiger partial charge is 0.357 e. The quantitative estimate of drug-likeness (QED) is 0.789. The Morgan fingerprint density at radius 3 is 2.24 bits per heavy atom. The second-order valence-corrected chi connectivity index (χ2v) is 4.85. The molecule has 0 heterocycles. The van der Waals surface area contributed by atoms with E-state index in [1.165, 1.54) is 25.3 Å². The highest BCUT2D eigenvalue weighted by Gasteiger charge is 2.33. The molecule has 0 bridgehead atoms. The van der Waals surface area contributed by atoms with Crippen LogP contribution in [-0.2, 0) is 11.3 Å². The third kappa shape index (κ3) is 2.73. The zero-order valence-electron chi connectivity index (χ0n) is 10.3. The minimum Gasteiger partial charge on any atom is -0.496 e. The molecule has 0 amide bonds. The van der Waals surface area contributed by atoms with E-state index in [1.54, 1.807) is 0 Å². The van der Waals surface area contributed by atoms with Crippen molar-refractivity contribution in [1.82, 2.24) is 0 Å². The SMILES string of the molecule is COc1ccc(C(F)(F)C#N)cc1C(C)(C)C. The average molecular weight is 239 g/mol. The van der Waals surface area contributed by atoms with Crippen molar-refractivity contribution in [1.29, 1.82) is 5.26 Å². The van der Waals surface area contributed by atoms with Gasteiger partial charge in [-0.2, -0.15) is 14.0 Å². The molecule has 0 aliphatic heterocycles. The van der Waals surface area contributed by atoms with Crippen LogP contribution in [0.2, 0.25) is 0 Å². The lowest BCUT2D eigenvalue weighted by Crippen LogP contribution is -2.16. The van der Waals surface area contributed by atoms with E-state index < -0.39 is 5.92 Å². The fourth-order valence-electron chi connectivity index (χ4n) is 1.55. The van der Waals surface area contributed by atoms with E-state index in [0.717, 1.165) is 6.07 Å². The zero-order chi connectivity index (χ0) is 13.3. The van der Waals surface area contributed by atoms with Crippen molar-refractivity contribution >= 4 is 0 Å². The standard InChI is InChI=1S/C13H15F2NO/c1-12(2,3)10-7-9(13(14,15)8-16)5-6-11(10)17-4/h5-7H,1-4H3. The molecular weight excluding hydrogens is 224 g/mol. The number of methoxy groups -OCH3 is 1. The Morgan fingerprint density at radius 2 is 1.82 bits per heavy atom. The number of nitrogens with zero attached hydrogens (tertiary/aromatic N) is 1. The maximum absolute atomic E-state index is 13.3. The van der Waals surface area contributed by atoms with Gasteiger partial charge in [0, 0.05) is 5.56 Å². The number of hydrogen-bond donors (Lipinski definition) is 0. The van der Waals surface area contributed by atoms with Gasteiger partial charge in [0.1, 0.15) is 11.8 Å². The van der Waals surface area contributed by atoms with Gasteiger partial charge in [0.25, 0.3) is 0 Å². The van der Waals surface area contributed by atoms with E-state index in [9.17, 15) is 8.78 Å². The summed E-state index contributed by atoms with van der Waals surface area (Å²) in [6.07, 6.45) is 0. The fourth-order valence-corrected chi connectivity index (χ4v) is 1.55. The number of alkyl halides is 2. The lowest BCUT2D eigenvalue weighted by Gasteiger charge is -2.23. The van der Waals surface area contributed by atoms with E-state index in [2.05, 4.69) is 0 Å². The molecule has 0 radical (unpaired) electrons. The van der Waals surface area contributed by atoms with Gasteiger partial charge in [-0.25, -0.2) is 0 Å². The second-order valence-electron chi connectivity index (χ2n) is 4.85. The molecule has 0 spiro atoms. The number of hydrogen-bond acceptors (Lipinski definition) is 2. The van der Waals surface area contributed by atoms with Crippen LogP contribution in [-0.4, -0.2) is 7.11 Å². The fraction of sp³-hybridized carbons (Fsp3) is 0.462. The Bertz CT molecular complexity index is 455. The summed E-state index contributed by atoms with van der Waals surface area (Å²) >= 11 is 0. The molecule has 1 aromatic carbocycles. The van der Waals surface area contributed by atoms with Crippen molar-refractivity contribution in [3.63, 3.8) is 0 Å². The minimum absolute atomic E-state index is 0.300. The molecule has 0 aromatic heterocycles. The van der Waals surface area contributed by atoms with E-state index in [0.29, 0.717) is 11.3 Å². The van der Waals surface area contributed by atoms with Gasteiger partial charge in [-0.05, 0) is 29.2 Å². The van der Waals surface area contributed by atoms with Gasteiger partial charge in [0.05, 0.1) is 7.11 Å². The first kappa shape index (κ1) is 13.4. The molecule has 0 unspecified atom stereocenters. The van der Waals surface area contributed by atoms with Crippen molar-refractivity contribution in [3.05, 3.63) is 29.3 Å². The summed E-state index contributed by atoms with van der Waals surface area (Å²) < 4.78 is 31.7. The summed E-state index contributed by atoms with van der Waals surface area (Å²) in [5.74, 6) is -2.92. The highest BCUT2D eigenvalue weighted by atomic mass is 19.3. The molecule has 0 N–H and O–H groups in total. The summed E-state index contributed by atoms with van der Waals surface area (Å²) in [7, 11) is 1.49. The Labute approximate surface area is 99.8 Å². The molecule has 0 saturated heterocycles. The van der Waals surface area contributed by atoms with Crippen LogP contribution in [0, 0.1) is 11.3 Å². The van der Waals surface area contributed by atoms with Crippen LogP contribution in [0.15, 0.2) is 18.2 Å². The molecule has 17 heavy (non-hydrogen) atoms. The van der Waals surface area contributed by atoms with Crippen LogP contribution < -0.4 is 4.74 Å². The van der Waals surface area contributed by atoms with E-state index in [-0.39, 0.29) is 11.0 Å². The number of halogens is 2. The topological polar surface area (TPSA) is 33.0 Å². The molecule has 0 saturated carbocycles. The van der Waals surface area contributed by atoms with Crippen LogP contribution in [0.3, 0.4) is 0 Å². The maximum Gasteiger partial charge on any atom is 0.357 e. The Morgan fingerprint density at radius 1 is 1.24 bits per heavy atom. The van der Waals surface area contributed by atoms with E-state index >= 15 is 0 Å². The summed E-state index contributed by atoms with van der Waals surface area (Å²) in [4.78, 5) is 0. The van der Waals surface area contributed by atoms with Crippen LogP contribution in [0.5, 0.6) is 5.75 Å². The lowest BCUT2D eigenvalue weighted by molar-refractivity contribution is 0.0611. The molecule has 0 aliphatic carbocycles. The number of ether oxygens (including phenoxy) is 1. The Balaban J connectivity index is 3.39. The van der Waals surface area contributed by atoms with Crippen LogP contribution in [0.4, 0.5) is 8.78 Å². The summed E-state index contributed by atoms with van der Waals surface area (Å²) in [6, 6.07) is 5.03. The van der Waals surface area contributed by atoms with Crippen LogP contribution in [0.25, 0.3) is 0 Å². The van der Waals surface area contributed by atoms with Gasteiger partial charge >= 0.3 is 5.92 Å². The average Bonchev–Trinajstić information content (AvgIpc) is 2.27. The van der Waals surface area contributed by atoms with E-state index in [1.807, 2.05) is 20.8 Å². The normalized spacial score (nSPS) is 12.1. The molecule has 1 rings (SSSR count). The van der Waals surface area contributed by atoms with Crippen molar-refractivity contribution in [3.8, 4) is 11.8 Å². The van der Waals surface area contributed by atoms with Crippen molar-refractivity contribution in [2.24, 2.45) is 0 Å². The monoisotopic (exact) mass is 239 g/mol. The first-order valence-corrected chi connectivity index (χ1v) is 5.20. The Kier molecular flexibility index (Phi) is 3.42. The molecule has 1 aromatic rings. The summed E-state index contributed by atoms with van der Waals surface area (Å²) in [5, 5.41) is 8.44. The molecule has 0 aliphatic rings. The predicted molar refractivity (Wildman–Crippen MR) is 61.2 cm³/mol. The first-order chi connectivity index (χ1) is 7.72. The van der Waals surface area contributed by atoms with Crippen LogP contribution in [0.1, 0.15) is 31.9 Å². The first-order valence-electron chi connectivity index (χ1n) is 5.20. The van der Waals surface area contributed by atoms with Gasteiger partial charge in [-0.3, -0.25) is 0 Å². The van der Waals surface area contributed by atoms with Gasteiger partial charge in [0.2, 0.25) is 0 Å². The van der Waals surface area contributed by atoms with Gasteiger partial charge < -0.3 is 4.74 Å². The molecular formula is C13H15F2NO. The molecule has 92 valence electrons. The van der Waals surface area contributed by atoms with Crippen molar-refractivity contribution in [2.45, 2.75) is 32.1 Å². The zero-order valence-corrected chi connectivity index (χ0v) is 10.3. The minimum atomic E-state index is -3.47. The number of nitriles is 1. The molecule has 4 heteroatoms. The van der Waals surface area contributed by atoms with E-state index in [4.69, 9.17) is 10.00 Å². The molecule has 2 nitrogen and oxygen atoms in total. The lowest BCUT2D eigenvalue weighted by atomic mass is 9.85. The second kappa shape index (κ2) is 4.33. The predicted octanol–water partition coefficient (Wildman–Crippen LogP) is 3.61. The summed E-state index contributed by atoms with van der Waals surface area (Å²) in [5.41, 5.74) is 0.0329. The molecule has 0 atom stereocenters. The highest BCUT2D eigenvalue weighted by Crippen LogP contribution is 2.36.